The molecular weight excluding hydrogens is 499 g/mol. The Morgan fingerprint density at radius 1 is 1.26 bits per heavy atom. The van der Waals surface area contributed by atoms with E-state index >= 15 is 0 Å². The summed E-state index contributed by atoms with van der Waals surface area (Å²) >= 11 is 7.15. The van der Waals surface area contributed by atoms with Crippen LogP contribution in [0.15, 0.2) is 52.5 Å². The average Bonchev–Trinajstić information content (AvgIpc) is 3.53. The summed E-state index contributed by atoms with van der Waals surface area (Å²) in [4.78, 5) is 19.3. The van der Waals surface area contributed by atoms with E-state index in [1.54, 1.807) is 18.3 Å². The first-order chi connectivity index (χ1) is 16.7. The number of amidine groups is 1. The number of aliphatic imine (C=N–C) groups is 1. The summed E-state index contributed by atoms with van der Waals surface area (Å²) in [5.74, 6) is -0.267. The smallest absolute Gasteiger partial charge is 0.349 e. The number of hydrogen-bond donors (Lipinski definition) is 1. The van der Waals surface area contributed by atoms with Crippen molar-refractivity contribution in [2.45, 2.75) is 25.2 Å². The Morgan fingerprint density at radius 3 is 2.83 bits per heavy atom. The van der Waals surface area contributed by atoms with Crippen molar-refractivity contribution in [2.24, 2.45) is 4.99 Å². The molecule has 6 nitrogen and oxygen atoms in total. The van der Waals surface area contributed by atoms with Gasteiger partial charge in [-0.1, -0.05) is 23.7 Å². The SMILES string of the molecule is CNC1CCN(C2=NC(=O)C(=Cc3ccc4c(cnn4Cc4ccc(Cl)cc4C(F)(F)F)c3)S2)C1. The van der Waals surface area contributed by atoms with E-state index in [-0.39, 0.29) is 23.0 Å². The van der Waals surface area contributed by atoms with Gasteiger partial charge in [0.25, 0.3) is 5.91 Å². The van der Waals surface area contributed by atoms with Crippen LogP contribution in [0.25, 0.3) is 17.0 Å². The van der Waals surface area contributed by atoms with Crippen LogP contribution in [-0.4, -0.2) is 51.9 Å². The van der Waals surface area contributed by atoms with E-state index in [0.717, 1.165) is 41.7 Å². The first-order valence-electron chi connectivity index (χ1n) is 11.0. The third-order valence-corrected chi connectivity index (χ3v) is 7.42. The monoisotopic (exact) mass is 519 g/mol. The molecule has 0 saturated carbocycles. The molecule has 3 aromatic rings. The van der Waals surface area contributed by atoms with Gasteiger partial charge in [0.2, 0.25) is 0 Å². The van der Waals surface area contributed by atoms with Gasteiger partial charge in [0, 0.05) is 29.5 Å². The van der Waals surface area contributed by atoms with Crippen LogP contribution in [0.4, 0.5) is 13.2 Å². The summed E-state index contributed by atoms with van der Waals surface area (Å²) in [5, 5.41) is 9.05. The largest absolute Gasteiger partial charge is 0.416 e. The van der Waals surface area contributed by atoms with Gasteiger partial charge in [-0.2, -0.15) is 23.3 Å². The average molecular weight is 520 g/mol. The lowest BCUT2D eigenvalue weighted by molar-refractivity contribution is -0.138. The number of fused-ring (bicyclic) bond motifs is 1. The minimum absolute atomic E-state index is 0.0297. The van der Waals surface area contributed by atoms with Gasteiger partial charge in [0.15, 0.2) is 5.17 Å². The highest BCUT2D eigenvalue weighted by Gasteiger charge is 2.34. The van der Waals surface area contributed by atoms with E-state index in [1.165, 1.54) is 28.6 Å². The molecule has 3 heterocycles. The Balaban J connectivity index is 1.36. The number of amides is 1. The highest BCUT2D eigenvalue weighted by Crippen LogP contribution is 2.35. The molecule has 0 aliphatic carbocycles. The second-order valence-corrected chi connectivity index (χ2v) is 9.90. The molecule has 1 saturated heterocycles. The van der Waals surface area contributed by atoms with Crippen LogP contribution in [0.3, 0.4) is 0 Å². The number of carbonyl (C=O) groups excluding carboxylic acids is 1. The number of nitrogens with zero attached hydrogens (tertiary/aromatic N) is 4. The topological polar surface area (TPSA) is 62.5 Å². The number of likely N-dealkylation sites (tertiary alicyclic amines) is 1. The lowest BCUT2D eigenvalue weighted by Crippen LogP contribution is -2.31. The molecule has 1 N–H and O–H groups in total. The van der Waals surface area contributed by atoms with Crippen molar-refractivity contribution >= 4 is 51.4 Å². The van der Waals surface area contributed by atoms with Gasteiger partial charge in [-0.15, -0.1) is 0 Å². The lowest BCUT2D eigenvalue weighted by atomic mass is 10.1. The second-order valence-electron chi connectivity index (χ2n) is 8.45. The zero-order chi connectivity index (χ0) is 24.7. The van der Waals surface area contributed by atoms with Crippen molar-refractivity contribution in [3.63, 3.8) is 0 Å². The minimum atomic E-state index is -4.52. The molecule has 1 unspecified atom stereocenters. The van der Waals surface area contributed by atoms with E-state index < -0.39 is 11.7 Å². The Labute approximate surface area is 208 Å². The Bertz CT molecular complexity index is 1370. The molecule has 2 aromatic carbocycles. The first-order valence-corrected chi connectivity index (χ1v) is 12.2. The molecule has 11 heteroatoms. The number of benzene rings is 2. The van der Waals surface area contributed by atoms with Gasteiger partial charge in [-0.25, -0.2) is 0 Å². The number of nitrogens with one attached hydrogen (secondary N) is 1. The Kier molecular flexibility index (Phi) is 6.37. The van der Waals surface area contributed by atoms with Crippen LogP contribution in [0.1, 0.15) is 23.1 Å². The fourth-order valence-electron chi connectivity index (χ4n) is 4.29. The molecule has 2 aliphatic heterocycles. The summed E-state index contributed by atoms with van der Waals surface area (Å²) in [6.45, 7) is 1.62. The number of rotatable bonds is 4. The Hall–Kier alpha value is -2.82. The van der Waals surface area contributed by atoms with Gasteiger partial charge in [-0.3, -0.25) is 9.48 Å². The molecule has 35 heavy (non-hydrogen) atoms. The molecule has 1 atom stereocenters. The Morgan fingerprint density at radius 2 is 2.09 bits per heavy atom. The van der Waals surface area contributed by atoms with Gasteiger partial charge in [0.1, 0.15) is 0 Å². The quantitative estimate of drug-likeness (QED) is 0.490. The van der Waals surface area contributed by atoms with E-state index in [2.05, 4.69) is 20.3 Å². The summed E-state index contributed by atoms with van der Waals surface area (Å²) < 4.78 is 41.9. The van der Waals surface area contributed by atoms with Gasteiger partial charge >= 0.3 is 6.18 Å². The standard InChI is InChI=1S/C24H21ClF3N5OS/c1-29-18-6-7-32(13-18)23-31-22(34)21(35-23)9-14-2-5-20-16(8-14)11-30-33(20)12-15-3-4-17(25)10-19(15)24(26,27)28/h2-5,8-11,18,29H,6-7,12-13H2,1H3. The molecule has 182 valence electrons. The number of alkyl halides is 3. The van der Waals surface area contributed by atoms with Gasteiger partial charge in [0.05, 0.1) is 28.7 Å². The molecular formula is C24H21ClF3N5OS. The summed E-state index contributed by atoms with van der Waals surface area (Å²) in [5.41, 5.74) is 0.786. The fourth-order valence-corrected chi connectivity index (χ4v) is 5.41. The number of thioether (sulfide) groups is 1. The summed E-state index contributed by atoms with van der Waals surface area (Å²) in [6, 6.07) is 9.60. The van der Waals surface area contributed by atoms with Crippen LogP contribution >= 0.6 is 23.4 Å². The van der Waals surface area contributed by atoms with Gasteiger partial charge < -0.3 is 10.2 Å². The van der Waals surface area contributed by atoms with Crippen molar-refractivity contribution in [1.82, 2.24) is 20.0 Å². The highest BCUT2D eigenvalue weighted by atomic mass is 35.5. The number of halogens is 4. The molecule has 0 radical (unpaired) electrons. The summed E-state index contributed by atoms with van der Waals surface area (Å²) in [7, 11) is 1.93. The maximum Gasteiger partial charge on any atom is 0.416 e. The van der Waals surface area contributed by atoms with Crippen LogP contribution in [0.5, 0.6) is 0 Å². The molecule has 2 aliphatic rings. The van der Waals surface area contributed by atoms with Crippen molar-refractivity contribution in [3.05, 3.63) is 69.2 Å². The van der Waals surface area contributed by atoms with Gasteiger partial charge in [-0.05, 0) is 66.7 Å². The number of likely N-dealkylation sites (N-methyl/N-ethyl adjacent to an activating group) is 1. The zero-order valence-electron chi connectivity index (χ0n) is 18.6. The number of hydrogen-bond acceptors (Lipinski definition) is 5. The predicted molar refractivity (Wildman–Crippen MR) is 132 cm³/mol. The summed E-state index contributed by atoms with van der Waals surface area (Å²) in [6.07, 6.45) is -0.122. The molecule has 1 fully saturated rings. The van der Waals surface area contributed by atoms with Crippen molar-refractivity contribution in [1.29, 1.82) is 0 Å². The number of aromatic nitrogens is 2. The second kappa shape index (κ2) is 9.33. The van der Waals surface area contributed by atoms with E-state index in [9.17, 15) is 18.0 Å². The molecule has 1 aromatic heterocycles. The third-order valence-electron chi connectivity index (χ3n) is 6.14. The van der Waals surface area contributed by atoms with Crippen molar-refractivity contribution in [3.8, 4) is 0 Å². The van der Waals surface area contributed by atoms with E-state index in [0.29, 0.717) is 16.5 Å². The van der Waals surface area contributed by atoms with Crippen LogP contribution < -0.4 is 5.32 Å². The van der Waals surface area contributed by atoms with Crippen LogP contribution in [0.2, 0.25) is 5.02 Å². The lowest BCUT2D eigenvalue weighted by Gasteiger charge is -2.16. The van der Waals surface area contributed by atoms with Crippen molar-refractivity contribution < 1.29 is 18.0 Å². The third kappa shape index (κ3) is 4.96. The van der Waals surface area contributed by atoms with Crippen molar-refractivity contribution in [2.75, 3.05) is 20.1 Å². The maximum atomic E-state index is 13.5. The van der Waals surface area contributed by atoms with Crippen LogP contribution in [0, 0.1) is 0 Å². The molecule has 0 spiro atoms. The predicted octanol–water partition coefficient (Wildman–Crippen LogP) is 5.02. The molecule has 5 rings (SSSR count). The van der Waals surface area contributed by atoms with Crippen LogP contribution in [-0.2, 0) is 17.5 Å². The minimum Gasteiger partial charge on any atom is -0.349 e. The van der Waals surface area contributed by atoms with E-state index in [1.807, 2.05) is 19.2 Å². The molecule has 0 bridgehead atoms. The number of carbonyl (C=O) groups is 1. The zero-order valence-corrected chi connectivity index (χ0v) is 20.2. The molecule has 1 amide bonds. The maximum absolute atomic E-state index is 13.5. The first kappa shape index (κ1) is 23.9. The fraction of sp³-hybridized carbons (Fsp3) is 0.292. The highest BCUT2D eigenvalue weighted by molar-refractivity contribution is 8.18. The normalized spacial score (nSPS) is 19.9. The van der Waals surface area contributed by atoms with E-state index in [4.69, 9.17) is 11.6 Å².